The molecule has 1 aromatic rings. The van der Waals surface area contributed by atoms with E-state index in [9.17, 15) is 4.79 Å². The molecule has 0 spiro atoms. The highest BCUT2D eigenvalue weighted by molar-refractivity contribution is 7.11. The molecule has 2 nitrogen and oxygen atoms in total. The second kappa shape index (κ2) is 3.71. The first kappa shape index (κ1) is 10.8. The first-order chi connectivity index (χ1) is 7.00. The molecular weight excluding hydrogens is 206 g/mol. The second-order valence-electron chi connectivity index (χ2n) is 5.28. The Bertz CT molecular complexity index is 375. The van der Waals surface area contributed by atoms with Gasteiger partial charge in [0.05, 0.1) is 10.7 Å². The van der Waals surface area contributed by atoms with Crippen LogP contribution >= 0.6 is 11.3 Å². The van der Waals surface area contributed by atoms with E-state index in [2.05, 4.69) is 20.8 Å². The molecule has 82 valence electrons. The standard InChI is InChI=1S/C12H17NOS/c1-12(2,3)11-13-9-5-4-8(7-14)6-10(9)15-11/h7-8H,4-6H2,1-3H3. The fourth-order valence-corrected chi connectivity index (χ4v) is 3.10. The van der Waals surface area contributed by atoms with Crippen LogP contribution in [0, 0.1) is 5.92 Å². The Morgan fingerprint density at radius 3 is 2.80 bits per heavy atom. The largest absolute Gasteiger partial charge is 0.303 e. The van der Waals surface area contributed by atoms with E-state index >= 15 is 0 Å². The minimum absolute atomic E-state index is 0.138. The normalized spacial score (nSPS) is 21.1. The summed E-state index contributed by atoms with van der Waals surface area (Å²) in [5.74, 6) is 0.228. The summed E-state index contributed by atoms with van der Waals surface area (Å²) in [5, 5.41) is 1.21. The van der Waals surface area contributed by atoms with Gasteiger partial charge in [-0.1, -0.05) is 20.8 Å². The lowest BCUT2D eigenvalue weighted by atomic mass is 9.92. The van der Waals surface area contributed by atoms with E-state index in [-0.39, 0.29) is 11.3 Å². The van der Waals surface area contributed by atoms with Gasteiger partial charge in [0, 0.05) is 16.2 Å². The van der Waals surface area contributed by atoms with Gasteiger partial charge in [0.1, 0.15) is 6.29 Å². The second-order valence-corrected chi connectivity index (χ2v) is 6.36. The average molecular weight is 223 g/mol. The van der Waals surface area contributed by atoms with E-state index < -0.39 is 0 Å². The Hall–Kier alpha value is -0.700. The number of aldehydes is 1. The predicted molar refractivity (Wildman–Crippen MR) is 62.4 cm³/mol. The van der Waals surface area contributed by atoms with E-state index in [1.807, 2.05) is 0 Å². The number of thiazole rings is 1. The number of aromatic nitrogens is 1. The first-order valence-electron chi connectivity index (χ1n) is 5.45. The Morgan fingerprint density at radius 2 is 2.20 bits per heavy atom. The van der Waals surface area contributed by atoms with Gasteiger partial charge in [0.2, 0.25) is 0 Å². The van der Waals surface area contributed by atoms with Crippen LogP contribution in [0.5, 0.6) is 0 Å². The van der Waals surface area contributed by atoms with Crippen molar-refractivity contribution in [3.8, 4) is 0 Å². The summed E-state index contributed by atoms with van der Waals surface area (Å²) in [7, 11) is 0. The van der Waals surface area contributed by atoms with E-state index in [1.165, 1.54) is 15.6 Å². The summed E-state index contributed by atoms with van der Waals surface area (Å²) >= 11 is 1.79. The van der Waals surface area contributed by atoms with Crippen LogP contribution in [0.25, 0.3) is 0 Å². The molecule has 0 saturated heterocycles. The van der Waals surface area contributed by atoms with Gasteiger partial charge in [0.15, 0.2) is 0 Å². The molecule has 1 atom stereocenters. The smallest absolute Gasteiger partial charge is 0.123 e. The van der Waals surface area contributed by atoms with Crippen molar-refractivity contribution in [1.29, 1.82) is 0 Å². The van der Waals surface area contributed by atoms with Gasteiger partial charge in [-0.05, 0) is 19.3 Å². The summed E-state index contributed by atoms with van der Waals surface area (Å²) in [6.45, 7) is 6.57. The number of hydrogen-bond acceptors (Lipinski definition) is 3. The molecule has 0 N–H and O–H groups in total. The van der Waals surface area contributed by atoms with Crippen LogP contribution in [0.3, 0.4) is 0 Å². The van der Waals surface area contributed by atoms with Crippen LogP contribution in [-0.4, -0.2) is 11.3 Å². The molecule has 1 aliphatic carbocycles. The molecule has 0 fully saturated rings. The van der Waals surface area contributed by atoms with Crippen molar-refractivity contribution in [2.24, 2.45) is 5.92 Å². The van der Waals surface area contributed by atoms with E-state index in [0.717, 1.165) is 25.5 Å². The number of carbonyl (C=O) groups excluding carboxylic acids is 1. The van der Waals surface area contributed by atoms with Crippen molar-refractivity contribution in [2.75, 3.05) is 0 Å². The highest BCUT2D eigenvalue weighted by Gasteiger charge is 2.26. The van der Waals surface area contributed by atoms with Crippen molar-refractivity contribution in [2.45, 2.75) is 45.4 Å². The molecule has 3 heteroatoms. The topological polar surface area (TPSA) is 30.0 Å². The zero-order valence-corrected chi connectivity index (χ0v) is 10.4. The number of fused-ring (bicyclic) bond motifs is 1. The van der Waals surface area contributed by atoms with Crippen molar-refractivity contribution in [1.82, 2.24) is 4.98 Å². The first-order valence-corrected chi connectivity index (χ1v) is 6.26. The Labute approximate surface area is 94.7 Å². The minimum atomic E-state index is 0.138. The zero-order valence-electron chi connectivity index (χ0n) is 9.54. The van der Waals surface area contributed by atoms with Crippen LogP contribution in [0.1, 0.15) is 42.8 Å². The summed E-state index contributed by atoms with van der Waals surface area (Å²) in [6.07, 6.45) is 3.96. The number of carbonyl (C=O) groups is 1. The number of nitrogens with zero attached hydrogens (tertiary/aromatic N) is 1. The molecule has 1 aliphatic rings. The van der Waals surface area contributed by atoms with Crippen LogP contribution in [0.4, 0.5) is 0 Å². The van der Waals surface area contributed by atoms with Gasteiger partial charge >= 0.3 is 0 Å². The minimum Gasteiger partial charge on any atom is -0.303 e. The third-order valence-electron chi connectivity index (χ3n) is 2.81. The lowest BCUT2D eigenvalue weighted by Crippen LogP contribution is -2.14. The Kier molecular flexibility index (Phi) is 2.67. The van der Waals surface area contributed by atoms with Crippen molar-refractivity contribution < 1.29 is 4.79 Å². The third-order valence-corrected chi connectivity index (χ3v) is 4.36. The number of hydrogen-bond donors (Lipinski definition) is 0. The fraction of sp³-hybridized carbons (Fsp3) is 0.667. The Morgan fingerprint density at radius 1 is 1.47 bits per heavy atom. The lowest BCUT2D eigenvalue weighted by molar-refractivity contribution is -0.111. The molecule has 0 bridgehead atoms. The summed E-state index contributed by atoms with van der Waals surface area (Å²) in [4.78, 5) is 16.8. The maximum atomic E-state index is 10.8. The lowest BCUT2D eigenvalue weighted by Gasteiger charge is -2.14. The van der Waals surface area contributed by atoms with Gasteiger partial charge in [-0.3, -0.25) is 0 Å². The number of rotatable bonds is 1. The van der Waals surface area contributed by atoms with Crippen LogP contribution in [0.2, 0.25) is 0 Å². The van der Waals surface area contributed by atoms with Gasteiger partial charge in [0.25, 0.3) is 0 Å². The van der Waals surface area contributed by atoms with Crippen molar-refractivity contribution in [3.05, 3.63) is 15.6 Å². The van der Waals surface area contributed by atoms with Gasteiger partial charge in [-0.25, -0.2) is 4.98 Å². The third kappa shape index (κ3) is 2.12. The van der Waals surface area contributed by atoms with E-state index in [0.29, 0.717) is 0 Å². The number of aryl methyl sites for hydroxylation is 1. The average Bonchev–Trinajstić information content (AvgIpc) is 2.59. The molecule has 0 radical (unpaired) electrons. The van der Waals surface area contributed by atoms with Crippen molar-refractivity contribution >= 4 is 17.6 Å². The molecule has 1 heterocycles. The van der Waals surface area contributed by atoms with Crippen molar-refractivity contribution in [3.63, 3.8) is 0 Å². The maximum Gasteiger partial charge on any atom is 0.123 e. The molecular formula is C12H17NOS. The molecule has 0 saturated carbocycles. The fourth-order valence-electron chi connectivity index (χ4n) is 1.84. The van der Waals surface area contributed by atoms with E-state index in [1.54, 1.807) is 11.3 Å². The van der Waals surface area contributed by atoms with Gasteiger partial charge in [-0.15, -0.1) is 11.3 Å². The molecule has 15 heavy (non-hydrogen) atoms. The summed E-state index contributed by atoms with van der Waals surface area (Å²) in [6, 6.07) is 0. The van der Waals surface area contributed by atoms with Crippen LogP contribution in [-0.2, 0) is 23.1 Å². The predicted octanol–water partition coefficient (Wildman–Crippen LogP) is 2.74. The van der Waals surface area contributed by atoms with Gasteiger partial charge in [-0.2, -0.15) is 0 Å². The zero-order chi connectivity index (χ0) is 11.1. The van der Waals surface area contributed by atoms with Crippen LogP contribution in [0.15, 0.2) is 0 Å². The molecule has 2 rings (SSSR count). The SMILES string of the molecule is CC(C)(C)c1nc2c(s1)CC(C=O)CC2. The highest BCUT2D eigenvalue weighted by atomic mass is 32.1. The molecule has 0 amide bonds. The summed E-state index contributed by atoms with van der Waals surface area (Å²) < 4.78 is 0. The molecule has 0 aromatic carbocycles. The van der Waals surface area contributed by atoms with Crippen LogP contribution < -0.4 is 0 Å². The molecule has 1 aromatic heterocycles. The molecule has 0 aliphatic heterocycles. The monoisotopic (exact) mass is 223 g/mol. The Balaban J connectivity index is 2.29. The maximum absolute atomic E-state index is 10.8. The quantitative estimate of drug-likeness (QED) is 0.685. The molecule has 1 unspecified atom stereocenters. The van der Waals surface area contributed by atoms with Gasteiger partial charge < -0.3 is 4.79 Å². The summed E-state index contributed by atoms with van der Waals surface area (Å²) in [5.41, 5.74) is 1.38. The highest BCUT2D eigenvalue weighted by Crippen LogP contribution is 2.34. The van der Waals surface area contributed by atoms with E-state index in [4.69, 9.17) is 4.98 Å².